The molecule has 1 aromatic carbocycles. The minimum absolute atomic E-state index is 0.0709. The summed E-state index contributed by atoms with van der Waals surface area (Å²) in [4.78, 5) is 38.4. The smallest absolute Gasteiger partial charge is 0.335 e. The summed E-state index contributed by atoms with van der Waals surface area (Å²) in [6.07, 6.45) is 0. The number of fused-ring (bicyclic) bond motifs is 3. The monoisotopic (exact) mass is 307 g/mol. The molecule has 0 aliphatic carbocycles. The molecule has 1 unspecified atom stereocenters. The van der Waals surface area contributed by atoms with E-state index in [0.717, 1.165) is 4.90 Å². The van der Waals surface area contributed by atoms with Crippen LogP contribution in [0.1, 0.15) is 10.4 Å². The minimum Gasteiger partial charge on any atom is -0.478 e. The standard InChI is InChI=1S/C13H13N3O4S/c14-11(17)5-15-4-8-6-21-10-2-1-7(12(18)19)3-9(10)16(8)13(15)20/h1-3,8H,4-6H2,(H2,14,17)(H,18,19). The molecule has 1 aromatic rings. The number of carboxylic acids is 1. The number of carbonyl (C=O) groups is 3. The zero-order valence-corrected chi connectivity index (χ0v) is 11.8. The van der Waals surface area contributed by atoms with E-state index in [2.05, 4.69) is 0 Å². The van der Waals surface area contributed by atoms with E-state index in [-0.39, 0.29) is 24.2 Å². The van der Waals surface area contributed by atoms with Crippen LogP contribution in [-0.2, 0) is 4.79 Å². The first kappa shape index (κ1) is 13.7. The fourth-order valence-corrected chi connectivity index (χ4v) is 3.71. The van der Waals surface area contributed by atoms with Gasteiger partial charge in [0.05, 0.1) is 17.3 Å². The van der Waals surface area contributed by atoms with E-state index in [1.807, 2.05) is 0 Å². The Morgan fingerprint density at radius 3 is 2.86 bits per heavy atom. The van der Waals surface area contributed by atoms with E-state index in [0.29, 0.717) is 18.0 Å². The number of aromatic carboxylic acids is 1. The third-order valence-electron chi connectivity index (χ3n) is 3.52. The third kappa shape index (κ3) is 2.31. The normalized spacial score (nSPS) is 20.2. The van der Waals surface area contributed by atoms with Crippen molar-refractivity contribution in [3.63, 3.8) is 0 Å². The van der Waals surface area contributed by atoms with Gasteiger partial charge in [-0.15, -0.1) is 11.8 Å². The van der Waals surface area contributed by atoms with Crippen LogP contribution in [0.4, 0.5) is 10.5 Å². The maximum absolute atomic E-state index is 12.4. The summed E-state index contributed by atoms with van der Waals surface area (Å²) in [6, 6.07) is 4.36. The Bertz CT molecular complexity index is 648. The van der Waals surface area contributed by atoms with Crippen LogP contribution in [0.2, 0.25) is 0 Å². The molecule has 3 N–H and O–H groups in total. The Morgan fingerprint density at radius 2 is 2.19 bits per heavy atom. The Kier molecular flexibility index (Phi) is 3.25. The summed E-state index contributed by atoms with van der Waals surface area (Å²) in [5.74, 6) is -0.888. The average Bonchev–Trinajstić information content (AvgIpc) is 2.74. The number of urea groups is 1. The lowest BCUT2D eigenvalue weighted by Gasteiger charge is -2.30. The lowest BCUT2D eigenvalue weighted by Crippen LogP contribution is -2.40. The number of carbonyl (C=O) groups excluding carboxylic acids is 2. The molecule has 1 fully saturated rings. The molecule has 0 saturated carbocycles. The molecule has 2 heterocycles. The van der Waals surface area contributed by atoms with E-state index in [4.69, 9.17) is 10.8 Å². The number of amides is 3. The molecule has 0 radical (unpaired) electrons. The van der Waals surface area contributed by atoms with Crippen LogP contribution in [-0.4, -0.2) is 52.8 Å². The minimum atomic E-state index is -1.04. The van der Waals surface area contributed by atoms with Gasteiger partial charge < -0.3 is 15.7 Å². The third-order valence-corrected chi connectivity index (χ3v) is 4.72. The second kappa shape index (κ2) is 4.96. The number of anilines is 1. The van der Waals surface area contributed by atoms with Crippen molar-refractivity contribution in [1.29, 1.82) is 0 Å². The molecule has 2 aliphatic heterocycles. The molecule has 21 heavy (non-hydrogen) atoms. The van der Waals surface area contributed by atoms with E-state index in [9.17, 15) is 14.4 Å². The number of primary amides is 1. The number of nitrogens with zero attached hydrogens (tertiary/aromatic N) is 2. The fourth-order valence-electron chi connectivity index (χ4n) is 2.62. The molecule has 0 spiro atoms. The van der Waals surface area contributed by atoms with Crippen molar-refractivity contribution in [3.8, 4) is 0 Å². The van der Waals surface area contributed by atoms with Gasteiger partial charge in [-0.2, -0.15) is 0 Å². The summed E-state index contributed by atoms with van der Waals surface area (Å²) >= 11 is 1.58. The summed E-state index contributed by atoms with van der Waals surface area (Å²) in [6.45, 7) is 0.302. The largest absolute Gasteiger partial charge is 0.478 e. The van der Waals surface area contributed by atoms with Gasteiger partial charge in [0.15, 0.2) is 0 Å². The van der Waals surface area contributed by atoms with E-state index >= 15 is 0 Å². The lowest BCUT2D eigenvalue weighted by atomic mass is 10.1. The second-order valence-corrected chi connectivity index (χ2v) is 6.01. The van der Waals surface area contributed by atoms with Gasteiger partial charge in [-0.3, -0.25) is 9.69 Å². The predicted octanol–water partition coefficient (Wildman–Crippen LogP) is 0.586. The highest BCUT2D eigenvalue weighted by Gasteiger charge is 2.42. The molecule has 110 valence electrons. The molecule has 0 aromatic heterocycles. The van der Waals surface area contributed by atoms with Gasteiger partial charge >= 0.3 is 12.0 Å². The van der Waals surface area contributed by atoms with Crippen molar-refractivity contribution in [1.82, 2.24) is 4.90 Å². The molecule has 1 saturated heterocycles. The first-order valence-corrected chi connectivity index (χ1v) is 7.32. The molecule has 8 heteroatoms. The number of benzene rings is 1. The Balaban J connectivity index is 1.97. The number of thioether (sulfide) groups is 1. The van der Waals surface area contributed by atoms with Crippen LogP contribution in [0.25, 0.3) is 0 Å². The van der Waals surface area contributed by atoms with Gasteiger partial charge in [0.2, 0.25) is 5.91 Å². The highest BCUT2D eigenvalue weighted by Crippen LogP contribution is 2.41. The van der Waals surface area contributed by atoms with E-state index < -0.39 is 11.9 Å². The Hall–Kier alpha value is -2.22. The number of carboxylic acid groups (broad SMARTS) is 1. The number of hydrogen-bond donors (Lipinski definition) is 2. The second-order valence-electron chi connectivity index (χ2n) is 4.95. The fraction of sp³-hybridized carbons (Fsp3) is 0.308. The van der Waals surface area contributed by atoms with Crippen molar-refractivity contribution >= 4 is 35.4 Å². The topological polar surface area (TPSA) is 104 Å². The SMILES string of the molecule is NC(=O)CN1CC2CSc3ccc(C(=O)O)cc3N2C1=O. The number of nitrogens with two attached hydrogens (primary N) is 1. The lowest BCUT2D eigenvalue weighted by molar-refractivity contribution is -0.118. The van der Waals surface area contributed by atoms with Crippen LogP contribution in [0.3, 0.4) is 0 Å². The maximum atomic E-state index is 12.4. The maximum Gasteiger partial charge on any atom is 0.335 e. The van der Waals surface area contributed by atoms with Crippen LogP contribution in [0, 0.1) is 0 Å². The number of rotatable bonds is 3. The molecule has 7 nitrogen and oxygen atoms in total. The quantitative estimate of drug-likeness (QED) is 0.850. The van der Waals surface area contributed by atoms with Gasteiger partial charge in [-0.05, 0) is 18.2 Å². The summed E-state index contributed by atoms with van der Waals surface area (Å²) in [5, 5.41) is 9.08. The highest BCUT2D eigenvalue weighted by molar-refractivity contribution is 7.99. The number of hydrogen-bond acceptors (Lipinski definition) is 4. The predicted molar refractivity (Wildman–Crippen MR) is 76.6 cm³/mol. The molecule has 2 aliphatic rings. The first-order chi connectivity index (χ1) is 9.97. The Labute approximate surface area is 124 Å². The average molecular weight is 307 g/mol. The van der Waals surface area contributed by atoms with Gasteiger partial charge in [-0.25, -0.2) is 9.59 Å². The van der Waals surface area contributed by atoms with Crippen LogP contribution in [0.15, 0.2) is 23.1 Å². The van der Waals surface area contributed by atoms with E-state index in [1.54, 1.807) is 22.7 Å². The molecule has 3 amide bonds. The van der Waals surface area contributed by atoms with Crippen molar-refractivity contribution in [3.05, 3.63) is 23.8 Å². The highest BCUT2D eigenvalue weighted by atomic mass is 32.2. The zero-order valence-electron chi connectivity index (χ0n) is 11.0. The van der Waals surface area contributed by atoms with Crippen molar-refractivity contribution in [2.24, 2.45) is 5.73 Å². The van der Waals surface area contributed by atoms with Gasteiger partial charge in [0.1, 0.15) is 6.54 Å². The molecule has 3 rings (SSSR count). The van der Waals surface area contributed by atoms with Gasteiger partial charge in [0, 0.05) is 17.2 Å². The summed E-state index contributed by atoms with van der Waals surface area (Å²) in [7, 11) is 0. The van der Waals surface area contributed by atoms with Crippen molar-refractivity contribution in [2.45, 2.75) is 10.9 Å². The van der Waals surface area contributed by atoms with Gasteiger partial charge in [0.25, 0.3) is 0 Å². The van der Waals surface area contributed by atoms with E-state index in [1.165, 1.54) is 17.0 Å². The molecular weight excluding hydrogens is 294 g/mol. The summed E-state index contributed by atoms with van der Waals surface area (Å²) in [5.41, 5.74) is 5.87. The molecular formula is C13H13N3O4S. The Morgan fingerprint density at radius 1 is 1.43 bits per heavy atom. The van der Waals surface area contributed by atoms with Crippen LogP contribution >= 0.6 is 11.8 Å². The zero-order chi connectivity index (χ0) is 15.1. The summed E-state index contributed by atoms with van der Waals surface area (Å²) < 4.78 is 0. The van der Waals surface area contributed by atoms with Gasteiger partial charge in [-0.1, -0.05) is 0 Å². The molecule has 0 bridgehead atoms. The first-order valence-electron chi connectivity index (χ1n) is 6.34. The van der Waals surface area contributed by atoms with Crippen LogP contribution in [0.5, 0.6) is 0 Å². The van der Waals surface area contributed by atoms with Crippen molar-refractivity contribution in [2.75, 3.05) is 23.7 Å². The molecule has 1 atom stereocenters. The van der Waals surface area contributed by atoms with Crippen LogP contribution < -0.4 is 10.6 Å². The van der Waals surface area contributed by atoms with Crippen molar-refractivity contribution < 1.29 is 19.5 Å².